The van der Waals surface area contributed by atoms with Gasteiger partial charge in [0.05, 0.1) is 25.0 Å². The molecule has 0 aromatic heterocycles. The summed E-state index contributed by atoms with van der Waals surface area (Å²) in [4.78, 5) is 18.5. The van der Waals surface area contributed by atoms with Crippen LogP contribution in [-0.2, 0) is 4.79 Å². The van der Waals surface area contributed by atoms with Crippen LogP contribution < -0.4 is 9.47 Å². The number of carbonyl (C=O) groups excluding carboxylic acids is 1. The Labute approximate surface area is 186 Å². The van der Waals surface area contributed by atoms with E-state index in [2.05, 4.69) is 20.9 Å². The van der Waals surface area contributed by atoms with E-state index in [1.807, 2.05) is 41.8 Å². The fourth-order valence-corrected chi connectivity index (χ4v) is 4.17. The highest BCUT2D eigenvalue weighted by Crippen LogP contribution is 2.37. The number of fused-ring (bicyclic) bond motifs is 1. The third-order valence-electron chi connectivity index (χ3n) is 4.52. The van der Waals surface area contributed by atoms with Crippen LogP contribution in [0.15, 0.2) is 64.5 Å². The molecular weight excluding hydrogens is 466 g/mol. The number of nitrogens with zero attached hydrogens (tertiary/aromatic N) is 2. The van der Waals surface area contributed by atoms with Crippen molar-refractivity contribution >= 4 is 56.4 Å². The number of amidine groups is 2. The van der Waals surface area contributed by atoms with Gasteiger partial charge in [0.1, 0.15) is 5.84 Å². The van der Waals surface area contributed by atoms with Crippen molar-refractivity contribution in [1.82, 2.24) is 4.90 Å². The monoisotopic (exact) mass is 483 g/mol. The Morgan fingerprint density at radius 3 is 2.73 bits per heavy atom. The van der Waals surface area contributed by atoms with Crippen LogP contribution >= 0.6 is 27.7 Å². The second-order valence-electron chi connectivity index (χ2n) is 6.38. The lowest BCUT2D eigenvalue weighted by atomic mass is 10.1. The van der Waals surface area contributed by atoms with E-state index in [4.69, 9.17) is 14.9 Å². The number of nitrogens with one attached hydrogen (secondary N) is 1. The molecule has 2 aliphatic rings. The molecule has 1 N–H and O–H groups in total. The van der Waals surface area contributed by atoms with Crippen molar-refractivity contribution in [2.75, 3.05) is 19.0 Å². The van der Waals surface area contributed by atoms with Crippen LogP contribution in [0.25, 0.3) is 11.8 Å². The highest BCUT2D eigenvalue weighted by molar-refractivity contribution is 9.09. The number of aliphatic imine (C=N–C) groups is 1. The summed E-state index contributed by atoms with van der Waals surface area (Å²) in [6, 6.07) is 15.2. The standard InChI is InChI=1S/C22H18BrN3O3S/c1-28-19-12-14(7-8-18(19)29-10-9-23)11-16-20(24)26-17(15-5-3-2-4-6-15)13-30-22(26)25-21(16)27/h2-8,11-13,24H,9-10H2,1H3/b16-11-,24-20?. The van der Waals surface area contributed by atoms with Crippen molar-refractivity contribution in [3.63, 3.8) is 0 Å². The molecule has 0 radical (unpaired) electrons. The molecule has 0 saturated heterocycles. The number of methoxy groups -OCH3 is 1. The third kappa shape index (κ3) is 3.93. The summed E-state index contributed by atoms with van der Waals surface area (Å²) in [7, 11) is 1.57. The van der Waals surface area contributed by atoms with Gasteiger partial charge in [-0.2, -0.15) is 4.99 Å². The molecular formula is C22H18BrN3O3S. The lowest BCUT2D eigenvalue weighted by molar-refractivity contribution is -0.114. The minimum absolute atomic E-state index is 0.101. The Kier molecular flexibility index (Phi) is 6.06. The first kappa shape index (κ1) is 20.4. The molecule has 0 spiro atoms. The Morgan fingerprint density at radius 2 is 2.00 bits per heavy atom. The van der Waals surface area contributed by atoms with E-state index in [0.717, 1.165) is 16.8 Å². The van der Waals surface area contributed by atoms with E-state index < -0.39 is 5.91 Å². The van der Waals surface area contributed by atoms with Gasteiger partial charge in [0.2, 0.25) is 0 Å². The Balaban J connectivity index is 1.67. The van der Waals surface area contributed by atoms with Gasteiger partial charge in [0.15, 0.2) is 16.7 Å². The first-order valence-corrected chi connectivity index (χ1v) is 11.2. The Bertz CT molecular complexity index is 1100. The van der Waals surface area contributed by atoms with Gasteiger partial charge in [0, 0.05) is 10.7 Å². The molecule has 0 unspecified atom stereocenters. The maximum atomic E-state index is 12.6. The van der Waals surface area contributed by atoms with E-state index in [1.165, 1.54) is 11.8 Å². The zero-order valence-corrected chi connectivity index (χ0v) is 18.5. The molecule has 0 aliphatic carbocycles. The number of benzene rings is 2. The molecule has 0 atom stereocenters. The summed E-state index contributed by atoms with van der Waals surface area (Å²) >= 11 is 4.68. The summed E-state index contributed by atoms with van der Waals surface area (Å²) in [5.41, 5.74) is 2.74. The second-order valence-corrected chi connectivity index (χ2v) is 8.01. The van der Waals surface area contributed by atoms with Gasteiger partial charge in [0.25, 0.3) is 5.91 Å². The van der Waals surface area contributed by atoms with Crippen molar-refractivity contribution < 1.29 is 14.3 Å². The molecule has 4 rings (SSSR count). The fraction of sp³-hybridized carbons (Fsp3) is 0.136. The summed E-state index contributed by atoms with van der Waals surface area (Å²) < 4.78 is 11.1. The lowest BCUT2D eigenvalue weighted by Gasteiger charge is -2.27. The topological polar surface area (TPSA) is 75.0 Å². The van der Waals surface area contributed by atoms with Crippen molar-refractivity contribution in [2.45, 2.75) is 0 Å². The van der Waals surface area contributed by atoms with E-state index in [9.17, 15) is 4.79 Å². The first-order valence-electron chi connectivity index (χ1n) is 9.15. The number of alkyl halides is 1. The van der Waals surface area contributed by atoms with Crippen LogP contribution in [0, 0.1) is 5.41 Å². The van der Waals surface area contributed by atoms with Crippen LogP contribution in [0.1, 0.15) is 11.1 Å². The molecule has 152 valence electrons. The van der Waals surface area contributed by atoms with Crippen LogP contribution in [0.5, 0.6) is 11.5 Å². The largest absolute Gasteiger partial charge is 0.493 e. The van der Waals surface area contributed by atoms with Gasteiger partial charge in [-0.05, 0) is 29.3 Å². The predicted octanol–water partition coefficient (Wildman–Crippen LogP) is 4.77. The Morgan fingerprint density at radius 1 is 1.20 bits per heavy atom. The SMILES string of the molecule is COc1cc(/C=C2/C(=N)N3C(c4ccccc4)=CSC3=NC2=O)ccc1OCCBr. The molecule has 2 heterocycles. The van der Waals surface area contributed by atoms with Crippen molar-refractivity contribution in [1.29, 1.82) is 5.41 Å². The smallest absolute Gasteiger partial charge is 0.283 e. The zero-order chi connectivity index (χ0) is 21.1. The van der Waals surface area contributed by atoms with E-state index in [0.29, 0.717) is 28.6 Å². The predicted molar refractivity (Wildman–Crippen MR) is 124 cm³/mol. The van der Waals surface area contributed by atoms with Crippen LogP contribution in [0.3, 0.4) is 0 Å². The summed E-state index contributed by atoms with van der Waals surface area (Å²) in [6.45, 7) is 0.513. The van der Waals surface area contributed by atoms with Gasteiger partial charge in [-0.25, -0.2) is 0 Å². The van der Waals surface area contributed by atoms with E-state index in [1.54, 1.807) is 30.2 Å². The van der Waals surface area contributed by atoms with Gasteiger partial charge >= 0.3 is 0 Å². The molecule has 2 aliphatic heterocycles. The maximum Gasteiger partial charge on any atom is 0.283 e. The molecule has 1 amide bonds. The average Bonchev–Trinajstić information content (AvgIpc) is 3.20. The molecule has 30 heavy (non-hydrogen) atoms. The quantitative estimate of drug-likeness (QED) is 0.472. The number of carbonyl (C=O) groups is 1. The van der Waals surface area contributed by atoms with Gasteiger partial charge in [-0.1, -0.05) is 64.1 Å². The summed E-state index contributed by atoms with van der Waals surface area (Å²) in [5.74, 6) is 0.851. The van der Waals surface area contributed by atoms with Crippen LogP contribution in [-0.4, -0.2) is 40.9 Å². The van der Waals surface area contributed by atoms with Crippen molar-refractivity contribution in [3.05, 3.63) is 70.6 Å². The number of rotatable bonds is 6. The molecule has 2 aromatic rings. The van der Waals surface area contributed by atoms with Gasteiger partial charge in [-0.3, -0.25) is 15.1 Å². The third-order valence-corrected chi connectivity index (χ3v) is 5.67. The molecule has 8 heteroatoms. The lowest BCUT2D eigenvalue weighted by Crippen LogP contribution is -2.38. The number of halogens is 1. The zero-order valence-electron chi connectivity index (χ0n) is 16.1. The molecule has 2 aromatic carbocycles. The maximum absolute atomic E-state index is 12.6. The second kappa shape index (κ2) is 8.89. The van der Waals surface area contributed by atoms with Crippen LogP contribution in [0.2, 0.25) is 0 Å². The molecule has 0 fully saturated rings. The highest BCUT2D eigenvalue weighted by Gasteiger charge is 2.36. The minimum atomic E-state index is -0.431. The van der Waals surface area contributed by atoms with Crippen LogP contribution in [0.4, 0.5) is 0 Å². The van der Waals surface area contributed by atoms with Gasteiger partial charge < -0.3 is 9.47 Å². The Hall–Kier alpha value is -2.84. The fourth-order valence-electron chi connectivity index (χ4n) is 3.12. The highest BCUT2D eigenvalue weighted by atomic mass is 79.9. The summed E-state index contributed by atoms with van der Waals surface area (Å²) in [5, 5.41) is 11.8. The summed E-state index contributed by atoms with van der Waals surface area (Å²) in [6.07, 6.45) is 1.66. The normalized spacial score (nSPS) is 17.0. The molecule has 0 saturated carbocycles. The van der Waals surface area contributed by atoms with Gasteiger partial charge in [-0.15, -0.1) is 0 Å². The number of hydrogen-bond acceptors (Lipinski definition) is 5. The first-order chi connectivity index (χ1) is 14.6. The average molecular weight is 484 g/mol. The van der Waals surface area contributed by atoms with Crippen molar-refractivity contribution in [2.24, 2.45) is 4.99 Å². The number of thioether (sulfide) groups is 1. The van der Waals surface area contributed by atoms with Crippen molar-refractivity contribution in [3.8, 4) is 11.5 Å². The molecule has 6 nitrogen and oxygen atoms in total. The number of hydrogen-bond donors (Lipinski definition) is 1. The van der Waals surface area contributed by atoms with E-state index in [-0.39, 0.29) is 11.4 Å². The van der Waals surface area contributed by atoms with E-state index >= 15 is 0 Å². The number of amides is 1. The number of ether oxygens (including phenoxy) is 2. The minimum Gasteiger partial charge on any atom is -0.493 e. The molecule has 0 bridgehead atoms.